The molecule has 1 aliphatic rings. The summed E-state index contributed by atoms with van der Waals surface area (Å²) in [5, 5.41) is 0. The highest BCUT2D eigenvalue weighted by Gasteiger charge is 2.53. The molecule has 4 aromatic carbocycles. The lowest BCUT2D eigenvalue weighted by molar-refractivity contribution is 0.224. The zero-order chi connectivity index (χ0) is 41.0. The van der Waals surface area contributed by atoms with Crippen LogP contribution in [0.25, 0.3) is 0 Å². The molecule has 0 radical (unpaired) electrons. The minimum absolute atomic E-state index is 0.0554. The molecule has 0 bridgehead atoms. The standard InChI is InChI=1S/C46H60O6S6/c53-21-1-15-47-37-11-7-33(8-12-37)43-45(35-27-39(49-17-3-23-55)31-40(28-35)50-18-4-24-56)44(34-9-13-38(14-10-34)48-16-2-22-54)46(43)36-29-41(51-19-5-25-57)32-42(30-36)52-20-6-26-58/h7-14,27-32,43-46,53-58H,1-6,15-26H2. The van der Waals surface area contributed by atoms with E-state index in [-0.39, 0.29) is 23.7 Å². The lowest BCUT2D eigenvalue weighted by atomic mass is 9.49. The molecule has 1 fully saturated rings. The summed E-state index contributed by atoms with van der Waals surface area (Å²) < 4.78 is 37.6. The molecule has 12 heteroatoms. The number of rotatable bonds is 28. The Morgan fingerprint density at radius 2 is 0.500 bits per heavy atom. The van der Waals surface area contributed by atoms with E-state index in [1.165, 1.54) is 11.1 Å². The van der Waals surface area contributed by atoms with Gasteiger partial charge in [-0.3, -0.25) is 0 Å². The maximum Gasteiger partial charge on any atom is 0.123 e. The molecule has 5 rings (SSSR count). The van der Waals surface area contributed by atoms with E-state index in [1.54, 1.807) is 0 Å². The fourth-order valence-corrected chi connectivity index (χ4v) is 8.19. The van der Waals surface area contributed by atoms with Crippen molar-refractivity contribution >= 4 is 75.8 Å². The minimum Gasteiger partial charge on any atom is -0.494 e. The van der Waals surface area contributed by atoms with Gasteiger partial charge in [-0.2, -0.15) is 75.8 Å². The lowest BCUT2D eigenvalue weighted by Crippen LogP contribution is -2.40. The van der Waals surface area contributed by atoms with Crippen molar-refractivity contribution in [2.45, 2.75) is 62.2 Å². The van der Waals surface area contributed by atoms with E-state index in [4.69, 9.17) is 28.4 Å². The molecule has 6 nitrogen and oxygen atoms in total. The number of benzene rings is 4. The van der Waals surface area contributed by atoms with Crippen LogP contribution < -0.4 is 28.4 Å². The molecule has 316 valence electrons. The summed E-state index contributed by atoms with van der Waals surface area (Å²) in [5.41, 5.74) is 4.75. The smallest absolute Gasteiger partial charge is 0.123 e. The molecular weight excluding hydrogens is 841 g/mol. The molecule has 0 amide bonds. The zero-order valence-electron chi connectivity index (χ0n) is 33.3. The van der Waals surface area contributed by atoms with Crippen molar-refractivity contribution in [2.75, 3.05) is 74.2 Å². The van der Waals surface area contributed by atoms with Gasteiger partial charge in [-0.15, -0.1) is 0 Å². The lowest BCUT2D eigenvalue weighted by Gasteiger charge is -2.54. The Balaban J connectivity index is 1.67. The van der Waals surface area contributed by atoms with Crippen molar-refractivity contribution in [2.24, 2.45) is 0 Å². The predicted octanol–water partition coefficient (Wildman–Crippen LogP) is 11.3. The van der Waals surface area contributed by atoms with Gasteiger partial charge >= 0.3 is 0 Å². The average Bonchev–Trinajstić information content (AvgIpc) is 3.22. The molecule has 0 aliphatic heterocycles. The van der Waals surface area contributed by atoms with E-state index in [2.05, 4.69) is 149 Å². The summed E-state index contributed by atoms with van der Waals surface area (Å²) in [6, 6.07) is 30.1. The van der Waals surface area contributed by atoms with Crippen molar-refractivity contribution in [3.63, 3.8) is 0 Å². The Labute approximate surface area is 379 Å². The summed E-state index contributed by atoms with van der Waals surface area (Å²) in [7, 11) is 0. The summed E-state index contributed by atoms with van der Waals surface area (Å²) in [6.45, 7) is 3.54. The molecule has 1 aliphatic carbocycles. The Kier molecular flexibility index (Phi) is 21.2. The monoisotopic (exact) mass is 900 g/mol. The quantitative estimate of drug-likeness (QED) is 0.0252. The maximum atomic E-state index is 6.36. The number of ether oxygens (including phenoxy) is 6. The molecule has 1 saturated carbocycles. The van der Waals surface area contributed by atoms with Crippen LogP contribution in [0.5, 0.6) is 34.5 Å². The van der Waals surface area contributed by atoms with Crippen molar-refractivity contribution in [1.29, 1.82) is 0 Å². The topological polar surface area (TPSA) is 55.4 Å². The third-order valence-corrected chi connectivity index (χ3v) is 12.0. The molecule has 0 unspecified atom stereocenters. The Bertz CT molecular complexity index is 1570. The highest BCUT2D eigenvalue weighted by Crippen LogP contribution is 2.67. The predicted molar refractivity (Wildman–Crippen MR) is 261 cm³/mol. The molecule has 58 heavy (non-hydrogen) atoms. The molecule has 0 atom stereocenters. The van der Waals surface area contributed by atoms with Crippen LogP contribution in [0.1, 0.15) is 84.5 Å². The third kappa shape index (κ3) is 13.9. The molecule has 0 aromatic heterocycles. The second-order valence-electron chi connectivity index (χ2n) is 14.3. The SMILES string of the molecule is SCCCOc1ccc(C2C(c3cc(OCCCS)cc(OCCCS)c3)C(c3ccc(OCCCS)cc3)C2c2cc(OCCCS)cc(OCCCS)c2)cc1. The average molecular weight is 901 g/mol. The molecule has 4 aromatic rings. The van der Waals surface area contributed by atoms with Gasteiger partial charge in [-0.25, -0.2) is 0 Å². The first-order valence-corrected chi connectivity index (χ1v) is 24.2. The second-order valence-corrected chi connectivity index (χ2v) is 17.0. The van der Waals surface area contributed by atoms with Crippen LogP contribution in [0.2, 0.25) is 0 Å². The summed E-state index contributed by atoms with van der Waals surface area (Å²) in [4.78, 5) is 0. The van der Waals surface area contributed by atoms with E-state index in [1.807, 2.05) is 12.1 Å². The van der Waals surface area contributed by atoms with Crippen molar-refractivity contribution in [1.82, 2.24) is 0 Å². The summed E-state index contributed by atoms with van der Waals surface area (Å²) >= 11 is 26.5. The first-order chi connectivity index (χ1) is 28.5. The maximum absolute atomic E-state index is 6.36. The van der Waals surface area contributed by atoms with Gasteiger partial charge < -0.3 is 28.4 Å². The third-order valence-electron chi connectivity index (χ3n) is 10.1. The molecule has 0 spiro atoms. The highest BCUT2D eigenvalue weighted by atomic mass is 32.1. The Morgan fingerprint density at radius 3 is 0.741 bits per heavy atom. The van der Waals surface area contributed by atoms with Gasteiger partial charge in [0.15, 0.2) is 0 Å². The molecule has 0 heterocycles. The Hall–Kier alpha value is -2.22. The van der Waals surface area contributed by atoms with Crippen molar-refractivity contribution < 1.29 is 28.4 Å². The minimum atomic E-state index is 0.0554. The highest BCUT2D eigenvalue weighted by molar-refractivity contribution is 7.81. The number of hydrogen-bond donors (Lipinski definition) is 6. The van der Waals surface area contributed by atoms with Crippen LogP contribution in [0, 0.1) is 0 Å². The van der Waals surface area contributed by atoms with Gasteiger partial charge in [0.1, 0.15) is 34.5 Å². The molecule has 0 N–H and O–H groups in total. The van der Waals surface area contributed by atoms with E-state index in [9.17, 15) is 0 Å². The van der Waals surface area contributed by atoms with Crippen LogP contribution >= 0.6 is 75.8 Å². The van der Waals surface area contributed by atoms with E-state index in [0.29, 0.717) is 39.6 Å². The van der Waals surface area contributed by atoms with Gasteiger partial charge in [-0.05, 0) is 167 Å². The first kappa shape index (κ1) is 46.8. The van der Waals surface area contributed by atoms with Gasteiger partial charge in [0, 0.05) is 12.1 Å². The number of hydrogen-bond acceptors (Lipinski definition) is 12. The normalized spacial score (nSPS) is 17.3. The number of thiol groups is 6. The largest absolute Gasteiger partial charge is 0.494 e. The van der Waals surface area contributed by atoms with Crippen LogP contribution in [-0.2, 0) is 0 Å². The van der Waals surface area contributed by atoms with E-state index in [0.717, 1.165) is 119 Å². The van der Waals surface area contributed by atoms with Crippen LogP contribution in [-0.4, -0.2) is 74.2 Å². The summed E-state index contributed by atoms with van der Waals surface area (Å²) in [5.74, 6) is 9.68. The zero-order valence-corrected chi connectivity index (χ0v) is 38.6. The van der Waals surface area contributed by atoms with Gasteiger partial charge in [0.25, 0.3) is 0 Å². The van der Waals surface area contributed by atoms with Crippen LogP contribution in [0.4, 0.5) is 0 Å². The molecule has 0 saturated heterocycles. The van der Waals surface area contributed by atoms with E-state index >= 15 is 0 Å². The van der Waals surface area contributed by atoms with Gasteiger partial charge in [0.2, 0.25) is 0 Å². The fraction of sp³-hybridized carbons (Fsp3) is 0.478. The van der Waals surface area contributed by atoms with Crippen molar-refractivity contribution in [3.8, 4) is 34.5 Å². The van der Waals surface area contributed by atoms with Crippen LogP contribution in [0.15, 0.2) is 84.9 Å². The summed E-state index contributed by atoms with van der Waals surface area (Å²) in [6.07, 6.45) is 5.14. The Morgan fingerprint density at radius 1 is 0.276 bits per heavy atom. The van der Waals surface area contributed by atoms with Crippen molar-refractivity contribution in [3.05, 3.63) is 107 Å². The second kappa shape index (κ2) is 26.2. The molecular formula is C46H60O6S6. The van der Waals surface area contributed by atoms with Gasteiger partial charge in [0.05, 0.1) is 39.6 Å². The van der Waals surface area contributed by atoms with E-state index < -0.39 is 0 Å². The fourth-order valence-electron chi connectivity index (χ4n) is 7.41. The van der Waals surface area contributed by atoms with Gasteiger partial charge in [-0.1, -0.05) is 24.3 Å². The first-order valence-electron chi connectivity index (χ1n) is 20.4. The van der Waals surface area contributed by atoms with Crippen LogP contribution in [0.3, 0.4) is 0 Å².